The number of amides is 1. The van der Waals surface area contributed by atoms with Crippen LogP contribution < -0.4 is 14.5 Å². The Hall–Kier alpha value is -2.69. The van der Waals surface area contributed by atoms with Crippen LogP contribution in [0.2, 0.25) is 0 Å². The molecule has 2 aromatic carbocycles. The predicted octanol–water partition coefficient (Wildman–Crippen LogP) is 2.87. The summed E-state index contributed by atoms with van der Waals surface area (Å²) in [5, 5.41) is 0. The summed E-state index contributed by atoms with van der Waals surface area (Å²) in [5.74, 6) is 1.12. The predicted molar refractivity (Wildman–Crippen MR) is 106 cm³/mol. The maximum Gasteiger partial charge on any atom is 0.224 e. The number of hydrogen-bond acceptors (Lipinski definition) is 4. The van der Waals surface area contributed by atoms with E-state index in [0.29, 0.717) is 6.42 Å². The maximum absolute atomic E-state index is 12.6. The Morgan fingerprint density at radius 3 is 2.35 bits per heavy atom. The van der Waals surface area contributed by atoms with Gasteiger partial charge in [0.15, 0.2) is 0 Å². The van der Waals surface area contributed by atoms with Crippen LogP contribution in [-0.2, 0) is 4.79 Å². The van der Waals surface area contributed by atoms with Crippen molar-refractivity contribution in [2.45, 2.75) is 6.42 Å². The molecule has 0 unspecified atom stereocenters. The van der Waals surface area contributed by atoms with Gasteiger partial charge in [-0.05, 0) is 24.3 Å². The molecule has 1 heterocycles. The zero-order valence-electron chi connectivity index (χ0n) is 15.6. The molecule has 26 heavy (non-hydrogen) atoms. The molecule has 5 heteroatoms. The topological polar surface area (TPSA) is 36.0 Å². The van der Waals surface area contributed by atoms with Gasteiger partial charge in [-0.15, -0.1) is 0 Å². The van der Waals surface area contributed by atoms with Crippen molar-refractivity contribution in [3.05, 3.63) is 54.6 Å². The third kappa shape index (κ3) is 4.28. The first-order valence-corrected chi connectivity index (χ1v) is 9.11. The first-order valence-electron chi connectivity index (χ1n) is 9.11. The SMILES string of the molecule is COc1ccccc1N1CCN(C(=O)CCN(C)c2ccccc2)CC1. The molecular formula is C21H27N3O2. The zero-order chi connectivity index (χ0) is 18.4. The molecule has 3 rings (SSSR count). The summed E-state index contributed by atoms with van der Waals surface area (Å²) in [4.78, 5) is 19.0. The molecular weight excluding hydrogens is 326 g/mol. The Balaban J connectivity index is 1.49. The van der Waals surface area contributed by atoms with Crippen LogP contribution in [0, 0.1) is 0 Å². The van der Waals surface area contributed by atoms with Crippen LogP contribution >= 0.6 is 0 Å². The molecule has 0 aliphatic carbocycles. The van der Waals surface area contributed by atoms with E-state index in [-0.39, 0.29) is 5.91 Å². The summed E-state index contributed by atoms with van der Waals surface area (Å²) < 4.78 is 5.45. The first kappa shape index (κ1) is 18.1. The third-order valence-corrected chi connectivity index (χ3v) is 4.92. The number of hydrogen-bond donors (Lipinski definition) is 0. The van der Waals surface area contributed by atoms with Crippen molar-refractivity contribution in [2.75, 3.05) is 56.7 Å². The average Bonchev–Trinajstić information content (AvgIpc) is 2.72. The van der Waals surface area contributed by atoms with Crippen LogP contribution in [0.25, 0.3) is 0 Å². The number of ether oxygens (including phenoxy) is 1. The summed E-state index contributed by atoms with van der Waals surface area (Å²) in [6.45, 7) is 3.91. The van der Waals surface area contributed by atoms with E-state index in [2.05, 4.69) is 28.0 Å². The van der Waals surface area contributed by atoms with Gasteiger partial charge in [-0.25, -0.2) is 0 Å². The molecule has 1 saturated heterocycles. The normalized spacial score (nSPS) is 14.2. The van der Waals surface area contributed by atoms with Gasteiger partial charge < -0.3 is 19.4 Å². The Morgan fingerprint density at radius 2 is 1.65 bits per heavy atom. The standard InChI is InChI=1S/C21H27N3O2/c1-22(18-8-4-3-5-9-18)13-12-21(25)24-16-14-23(15-17-24)19-10-6-7-11-20(19)26-2/h3-11H,12-17H2,1-2H3. The molecule has 0 N–H and O–H groups in total. The summed E-state index contributed by atoms with van der Waals surface area (Å²) in [5.41, 5.74) is 2.24. The molecule has 1 aliphatic heterocycles. The number of para-hydroxylation sites is 3. The quantitative estimate of drug-likeness (QED) is 0.800. The van der Waals surface area contributed by atoms with E-state index >= 15 is 0 Å². The van der Waals surface area contributed by atoms with E-state index in [1.165, 1.54) is 0 Å². The number of carbonyl (C=O) groups excluding carboxylic acids is 1. The summed E-state index contributed by atoms with van der Waals surface area (Å²) in [7, 11) is 3.73. The van der Waals surface area contributed by atoms with Gasteiger partial charge in [0.25, 0.3) is 0 Å². The minimum Gasteiger partial charge on any atom is -0.495 e. The monoisotopic (exact) mass is 353 g/mol. The highest BCUT2D eigenvalue weighted by Gasteiger charge is 2.22. The van der Waals surface area contributed by atoms with Crippen LogP contribution in [0.5, 0.6) is 5.75 Å². The van der Waals surface area contributed by atoms with Gasteiger partial charge in [0.2, 0.25) is 5.91 Å². The summed E-state index contributed by atoms with van der Waals surface area (Å²) >= 11 is 0. The van der Waals surface area contributed by atoms with Crippen molar-refractivity contribution in [1.29, 1.82) is 0 Å². The van der Waals surface area contributed by atoms with Gasteiger partial charge in [-0.3, -0.25) is 4.79 Å². The molecule has 0 saturated carbocycles. The second-order valence-electron chi connectivity index (χ2n) is 6.55. The van der Waals surface area contributed by atoms with Crippen LogP contribution in [0.3, 0.4) is 0 Å². The molecule has 1 aliphatic rings. The van der Waals surface area contributed by atoms with E-state index < -0.39 is 0 Å². The van der Waals surface area contributed by atoms with E-state index in [1.807, 2.05) is 48.3 Å². The summed E-state index contributed by atoms with van der Waals surface area (Å²) in [6.07, 6.45) is 0.542. The van der Waals surface area contributed by atoms with E-state index in [1.54, 1.807) is 7.11 Å². The number of carbonyl (C=O) groups is 1. The van der Waals surface area contributed by atoms with Crippen molar-refractivity contribution in [3.63, 3.8) is 0 Å². The molecule has 0 spiro atoms. The van der Waals surface area contributed by atoms with Gasteiger partial charge in [0.1, 0.15) is 5.75 Å². The van der Waals surface area contributed by atoms with Crippen molar-refractivity contribution < 1.29 is 9.53 Å². The number of rotatable bonds is 6. The highest BCUT2D eigenvalue weighted by atomic mass is 16.5. The largest absolute Gasteiger partial charge is 0.495 e. The fourth-order valence-electron chi connectivity index (χ4n) is 3.32. The highest BCUT2D eigenvalue weighted by Crippen LogP contribution is 2.28. The lowest BCUT2D eigenvalue weighted by molar-refractivity contribution is -0.131. The molecule has 2 aromatic rings. The fraction of sp³-hybridized carbons (Fsp3) is 0.381. The van der Waals surface area contributed by atoms with Gasteiger partial charge >= 0.3 is 0 Å². The highest BCUT2D eigenvalue weighted by molar-refractivity contribution is 5.77. The van der Waals surface area contributed by atoms with Crippen molar-refractivity contribution in [1.82, 2.24) is 4.90 Å². The Bertz CT molecular complexity index is 712. The Kier molecular flexibility index (Phi) is 6.00. The lowest BCUT2D eigenvalue weighted by Crippen LogP contribution is -2.49. The van der Waals surface area contributed by atoms with Gasteiger partial charge in [-0.2, -0.15) is 0 Å². The van der Waals surface area contributed by atoms with E-state index in [9.17, 15) is 4.79 Å². The number of anilines is 2. The van der Waals surface area contributed by atoms with E-state index in [4.69, 9.17) is 4.74 Å². The fourth-order valence-corrected chi connectivity index (χ4v) is 3.32. The minimum atomic E-state index is 0.229. The van der Waals surface area contributed by atoms with Crippen LogP contribution in [0.1, 0.15) is 6.42 Å². The first-order chi connectivity index (χ1) is 12.7. The molecule has 1 amide bonds. The lowest BCUT2D eigenvalue weighted by atomic mass is 10.2. The number of benzene rings is 2. The molecule has 0 aromatic heterocycles. The Morgan fingerprint density at radius 1 is 1.00 bits per heavy atom. The van der Waals surface area contributed by atoms with Gasteiger partial charge in [-0.1, -0.05) is 30.3 Å². The lowest BCUT2D eigenvalue weighted by Gasteiger charge is -2.37. The average molecular weight is 353 g/mol. The smallest absolute Gasteiger partial charge is 0.224 e. The summed E-state index contributed by atoms with van der Waals surface area (Å²) in [6, 6.07) is 18.2. The van der Waals surface area contributed by atoms with Crippen molar-refractivity contribution in [2.24, 2.45) is 0 Å². The van der Waals surface area contributed by atoms with Crippen molar-refractivity contribution >= 4 is 17.3 Å². The van der Waals surface area contributed by atoms with Crippen molar-refractivity contribution in [3.8, 4) is 5.75 Å². The van der Waals surface area contributed by atoms with E-state index in [0.717, 1.165) is 49.8 Å². The maximum atomic E-state index is 12.6. The van der Waals surface area contributed by atoms with Crippen LogP contribution in [-0.4, -0.2) is 57.7 Å². The molecule has 5 nitrogen and oxygen atoms in total. The molecule has 138 valence electrons. The molecule has 1 fully saturated rings. The minimum absolute atomic E-state index is 0.229. The van der Waals surface area contributed by atoms with Crippen LogP contribution in [0.15, 0.2) is 54.6 Å². The zero-order valence-corrected chi connectivity index (χ0v) is 15.6. The molecule has 0 radical (unpaired) electrons. The van der Waals surface area contributed by atoms with Crippen LogP contribution in [0.4, 0.5) is 11.4 Å². The Labute approximate surface area is 155 Å². The molecule has 0 atom stereocenters. The van der Waals surface area contributed by atoms with Gasteiger partial charge in [0, 0.05) is 51.9 Å². The number of nitrogens with zero attached hydrogens (tertiary/aromatic N) is 3. The number of piperazine rings is 1. The third-order valence-electron chi connectivity index (χ3n) is 4.92. The molecule has 0 bridgehead atoms. The van der Waals surface area contributed by atoms with Gasteiger partial charge in [0.05, 0.1) is 12.8 Å². The second-order valence-corrected chi connectivity index (χ2v) is 6.55. The number of methoxy groups -OCH3 is 1. The second kappa shape index (κ2) is 8.61.